The monoisotopic (exact) mass is 274 g/mol. The molecule has 0 amide bonds. The lowest BCUT2D eigenvalue weighted by Gasteiger charge is -1.99. The first kappa shape index (κ1) is 9.56. The number of hydrazine groups is 1. The molecule has 0 fully saturated rings. The van der Waals surface area contributed by atoms with Crippen LogP contribution in [0.15, 0.2) is 16.9 Å². The van der Waals surface area contributed by atoms with Crippen molar-refractivity contribution in [1.29, 1.82) is 0 Å². The first-order valence-electron chi connectivity index (χ1n) is 3.75. The van der Waals surface area contributed by atoms with Crippen molar-refractivity contribution in [2.45, 2.75) is 6.54 Å². The molecule has 0 spiro atoms. The maximum Gasteiger partial charge on any atom is 0.149 e. The second-order valence-corrected chi connectivity index (χ2v) is 4.22. The van der Waals surface area contributed by atoms with E-state index >= 15 is 0 Å². The summed E-state index contributed by atoms with van der Waals surface area (Å²) in [6.45, 7) is 0.557. The number of nitrogens with two attached hydrogens (primary N) is 1. The molecule has 74 valence electrons. The smallest absolute Gasteiger partial charge is 0.149 e. The van der Waals surface area contributed by atoms with Crippen molar-refractivity contribution in [3.05, 3.63) is 22.6 Å². The fourth-order valence-corrected chi connectivity index (χ4v) is 1.81. The summed E-state index contributed by atoms with van der Waals surface area (Å²) in [6.07, 6.45) is 3.58. The largest absolute Gasteiger partial charge is 0.313 e. The SMILES string of the molecule is NNc1snnc1Cn1cc(Br)cn1. The third kappa shape index (κ3) is 1.91. The van der Waals surface area contributed by atoms with Crippen molar-refractivity contribution < 1.29 is 0 Å². The van der Waals surface area contributed by atoms with E-state index in [0.717, 1.165) is 15.2 Å². The van der Waals surface area contributed by atoms with Crippen molar-refractivity contribution in [3.8, 4) is 0 Å². The molecule has 0 aliphatic rings. The molecule has 0 saturated carbocycles. The van der Waals surface area contributed by atoms with Gasteiger partial charge in [0.1, 0.15) is 10.7 Å². The number of aromatic nitrogens is 4. The molecule has 0 atom stereocenters. The highest BCUT2D eigenvalue weighted by Crippen LogP contribution is 2.17. The van der Waals surface area contributed by atoms with Gasteiger partial charge in [0.05, 0.1) is 17.2 Å². The van der Waals surface area contributed by atoms with E-state index in [4.69, 9.17) is 5.84 Å². The number of halogens is 1. The molecule has 2 aromatic heterocycles. The summed E-state index contributed by atoms with van der Waals surface area (Å²) in [7, 11) is 0. The predicted octanol–water partition coefficient (Wildman–Crippen LogP) is 0.831. The van der Waals surface area contributed by atoms with Gasteiger partial charge in [-0.25, -0.2) is 5.84 Å². The van der Waals surface area contributed by atoms with E-state index in [9.17, 15) is 0 Å². The lowest BCUT2D eigenvalue weighted by molar-refractivity contribution is 0.671. The highest BCUT2D eigenvalue weighted by Gasteiger charge is 2.07. The van der Waals surface area contributed by atoms with E-state index in [1.54, 1.807) is 10.9 Å². The maximum atomic E-state index is 5.30. The highest BCUT2D eigenvalue weighted by atomic mass is 79.9. The summed E-state index contributed by atoms with van der Waals surface area (Å²) in [5.41, 5.74) is 3.33. The van der Waals surface area contributed by atoms with Crippen LogP contribution in [0.4, 0.5) is 5.00 Å². The van der Waals surface area contributed by atoms with Crippen LogP contribution < -0.4 is 11.3 Å². The van der Waals surface area contributed by atoms with Crippen molar-refractivity contribution in [3.63, 3.8) is 0 Å². The average Bonchev–Trinajstić information content (AvgIpc) is 2.76. The molecular formula is C6H7BrN6S. The van der Waals surface area contributed by atoms with E-state index in [0.29, 0.717) is 6.54 Å². The molecule has 0 aliphatic carbocycles. The van der Waals surface area contributed by atoms with Crippen LogP contribution in [0.5, 0.6) is 0 Å². The second-order valence-electron chi connectivity index (χ2n) is 2.55. The minimum absolute atomic E-state index is 0.557. The van der Waals surface area contributed by atoms with Crippen molar-refractivity contribution in [2.24, 2.45) is 5.84 Å². The van der Waals surface area contributed by atoms with E-state index in [1.165, 1.54) is 11.5 Å². The number of rotatable bonds is 3. The molecule has 0 bridgehead atoms. The molecule has 3 N–H and O–H groups in total. The van der Waals surface area contributed by atoms with Crippen molar-refractivity contribution in [1.82, 2.24) is 19.4 Å². The summed E-state index contributed by atoms with van der Waals surface area (Å²) in [5.74, 6) is 5.30. The van der Waals surface area contributed by atoms with Crippen LogP contribution in [0.3, 0.4) is 0 Å². The maximum absolute atomic E-state index is 5.30. The van der Waals surface area contributed by atoms with Gasteiger partial charge >= 0.3 is 0 Å². The Morgan fingerprint density at radius 2 is 2.50 bits per heavy atom. The van der Waals surface area contributed by atoms with Gasteiger partial charge in [-0.15, -0.1) is 5.10 Å². The van der Waals surface area contributed by atoms with E-state index in [-0.39, 0.29) is 0 Å². The van der Waals surface area contributed by atoms with Crippen LogP contribution in [-0.2, 0) is 6.54 Å². The van der Waals surface area contributed by atoms with Crippen molar-refractivity contribution >= 4 is 32.5 Å². The quantitative estimate of drug-likeness (QED) is 0.640. The first-order valence-corrected chi connectivity index (χ1v) is 5.32. The highest BCUT2D eigenvalue weighted by molar-refractivity contribution is 9.10. The third-order valence-corrected chi connectivity index (χ3v) is 2.71. The molecule has 2 aromatic rings. The molecule has 2 rings (SSSR count). The summed E-state index contributed by atoms with van der Waals surface area (Å²) < 4.78 is 6.48. The van der Waals surface area contributed by atoms with Gasteiger partial charge in [-0.1, -0.05) is 4.49 Å². The Balaban J connectivity index is 2.18. The standard InChI is InChI=1S/C6H7BrN6S/c7-4-1-9-13(2-4)3-5-6(10-8)14-12-11-5/h1-2,10H,3,8H2. The molecule has 0 aromatic carbocycles. The Bertz CT molecular complexity index is 423. The minimum atomic E-state index is 0.557. The number of nitrogens with zero attached hydrogens (tertiary/aromatic N) is 4. The van der Waals surface area contributed by atoms with Gasteiger partial charge < -0.3 is 5.43 Å². The number of nitrogen functional groups attached to an aromatic ring is 1. The normalized spacial score (nSPS) is 10.4. The lowest BCUT2D eigenvalue weighted by atomic mass is 10.4. The lowest BCUT2D eigenvalue weighted by Crippen LogP contribution is -2.09. The third-order valence-electron chi connectivity index (χ3n) is 1.60. The van der Waals surface area contributed by atoms with Gasteiger partial charge in [-0.2, -0.15) is 5.10 Å². The first-order chi connectivity index (χ1) is 6.79. The van der Waals surface area contributed by atoms with Crippen molar-refractivity contribution in [2.75, 3.05) is 5.43 Å². The molecule has 0 saturated heterocycles. The zero-order chi connectivity index (χ0) is 9.97. The van der Waals surface area contributed by atoms with Gasteiger partial charge in [0.2, 0.25) is 0 Å². The summed E-state index contributed by atoms with van der Waals surface area (Å²) in [5, 5.41) is 8.81. The topological polar surface area (TPSA) is 81.6 Å². The van der Waals surface area contributed by atoms with E-state index < -0.39 is 0 Å². The molecule has 0 aliphatic heterocycles. The molecular weight excluding hydrogens is 268 g/mol. The number of anilines is 1. The molecule has 14 heavy (non-hydrogen) atoms. The van der Waals surface area contributed by atoms with Gasteiger partial charge in [-0.05, 0) is 15.9 Å². The van der Waals surface area contributed by atoms with Gasteiger partial charge in [0, 0.05) is 17.7 Å². The summed E-state index contributed by atoms with van der Waals surface area (Å²) >= 11 is 4.54. The minimum Gasteiger partial charge on any atom is -0.313 e. The average molecular weight is 275 g/mol. The fourth-order valence-electron chi connectivity index (χ4n) is 1.000. The zero-order valence-corrected chi connectivity index (χ0v) is 9.42. The number of hydrogen-bond acceptors (Lipinski definition) is 6. The van der Waals surface area contributed by atoms with Crippen LogP contribution in [0, 0.1) is 0 Å². The van der Waals surface area contributed by atoms with E-state index in [2.05, 4.69) is 36.0 Å². The Morgan fingerprint density at radius 1 is 1.64 bits per heavy atom. The predicted molar refractivity (Wildman–Crippen MR) is 56.7 cm³/mol. The Labute approximate surface area is 92.4 Å². The van der Waals surface area contributed by atoms with Gasteiger partial charge in [0.15, 0.2) is 0 Å². The zero-order valence-electron chi connectivity index (χ0n) is 7.01. The Kier molecular flexibility index (Phi) is 2.75. The summed E-state index contributed by atoms with van der Waals surface area (Å²) in [4.78, 5) is 0. The van der Waals surface area contributed by atoms with Crippen LogP contribution in [0.25, 0.3) is 0 Å². The van der Waals surface area contributed by atoms with Gasteiger partial charge in [-0.3, -0.25) is 4.68 Å². The molecule has 2 heterocycles. The Morgan fingerprint density at radius 3 is 3.14 bits per heavy atom. The molecule has 0 radical (unpaired) electrons. The number of hydrogen-bond donors (Lipinski definition) is 2. The van der Waals surface area contributed by atoms with Crippen LogP contribution in [0.2, 0.25) is 0 Å². The number of nitrogens with one attached hydrogen (secondary N) is 1. The summed E-state index contributed by atoms with van der Waals surface area (Å²) in [6, 6.07) is 0. The van der Waals surface area contributed by atoms with E-state index in [1.807, 2.05) is 6.20 Å². The van der Waals surface area contributed by atoms with Crippen LogP contribution in [-0.4, -0.2) is 19.4 Å². The fraction of sp³-hybridized carbons (Fsp3) is 0.167. The second kappa shape index (κ2) is 4.03. The van der Waals surface area contributed by atoms with Crippen LogP contribution in [0.1, 0.15) is 5.69 Å². The molecule has 8 heteroatoms. The van der Waals surface area contributed by atoms with Gasteiger partial charge in [0.25, 0.3) is 0 Å². The Hall–Kier alpha value is -0.990. The molecule has 6 nitrogen and oxygen atoms in total. The van der Waals surface area contributed by atoms with Crippen LogP contribution >= 0.6 is 27.5 Å². The molecule has 0 unspecified atom stereocenters.